The van der Waals surface area contributed by atoms with Crippen molar-refractivity contribution < 1.29 is 13.7 Å². The van der Waals surface area contributed by atoms with Gasteiger partial charge in [0.05, 0.1) is 47.4 Å². The zero-order valence-electron chi connectivity index (χ0n) is 20.0. The van der Waals surface area contributed by atoms with Crippen molar-refractivity contribution in [2.45, 2.75) is 11.8 Å². The Balaban J connectivity index is 1.95. The second-order valence-corrected chi connectivity index (χ2v) is 9.43. The maximum atomic E-state index is 13.6. The highest BCUT2D eigenvalue weighted by atomic mass is 32.2. The second kappa shape index (κ2) is 10.4. The third-order valence-corrected chi connectivity index (χ3v) is 6.96. The number of ether oxygens (including phenoxy) is 2. The molecule has 180 valence electrons. The fourth-order valence-corrected chi connectivity index (χ4v) is 4.64. The van der Waals surface area contributed by atoms with Crippen molar-refractivity contribution in [1.82, 2.24) is 9.78 Å². The molecule has 8 nitrogen and oxygen atoms in total. The van der Waals surface area contributed by atoms with Gasteiger partial charge in [-0.2, -0.15) is 9.78 Å². The zero-order valence-corrected chi connectivity index (χ0v) is 20.8. The monoisotopic (exact) mass is 482 g/mol. The Labute approximate surface area is 202 Å². The Morgan fingerprint density at radius 1 is 1.15 bits per heavy atom. The largest absolute Gasteiger partial charge is 0.497 e. The molecule has 0 spiro atoms. The molecule has 0 amide bonds. The van der Waals surface area contributed by atoms with Gasteiger partial charge in [-0.25, -0.2) is 0 Å². The molecule has 1 aliphatic rings. The lowest BCUT2D eigenvalue weighted by atomic mass is 10.1. The number of anilines is 2. The predicted octanol–water partition coefficient (Wildman–Crippen LogP) is 2.94. The van der Waals surface area contributed by atoms with E-state index in [1.54, 1.807) is 19.4 Å². The van der Waals surface area contributed by atoms with Crippen molar-refractivity contribution in [2.75, 3.05) is 63.1 Å². The van der Waals surface area contributed by atoms with Gasteiger partial charge in [0, 0.05) is 44.2 Å². The number of nitrogens with zero attached hydrogens (tertiary/aromatic N) is 4. The molecule has 9 heteroatoms. The summed E-state index contributed by atoms with van der Waals surface area (Å²) in [6.45, 7) is 5.43. The Morgan fingerprint density at radius 3 is 2.59 bits per heavy atom. The highest BCUT2D eigenvalue weighted by molar-refractivity contribution is 7.84. The summed E-state index contributed by atoms with van der Waals surface area (Å²) in [6, 6.07) is 15.0. The third kappa shape index (κ3) is 4.85. The first-order valence-electron chi connectivity index (χ1n) is 11.2. The summed E-state index contributed by atoms with van der Waals surface area (Å²) in [7, 11) is 2.17. The van der Waals surface area contributed by atoms with Gasteiger partial charge < -0.3 is 19.3 Å². The van der Waals surface area contributed by atoms with Crippen LogP contribution in [0.3, 0.4) is 0 Å². The first-order chi connectivity index (χ1) is 16.4. The van der Waals surface area contributed by atoms with Gasteiger partial charge in [0.1, 0.15) is 11.4 Å². The van der Waals surface area contributed by atoms with E-state index in [9.17, 15) is 9.00 Å². The molecule has 2 heterocycles. The lowest BCUT2D eigenvalue weighted by molar-refractivity contribution is 0.122. The van der Waals surface area contributed by atoms with Crippen molar-refractivity contribution in [3.05, 3.63) is 58.9 Å². The first-order valence-corrected chi connectivity index (χ1v) is 12.8. The van der Waals surface area contributed by atoms with E-state index in [1.165, 1.54) is 4.68 Å². The average Bonchev–Trinajstić information content (AvgIpc) is 2.88. The molecule has 2 aromatic carbocycles. The van der Waals surface area contributed by atoms with Crippen LogP contribution >= 0.6 is 0 Å². The van der Waals surface area contributed by atoms with E-state index in [0.717, 1.165) is 24.3 Å². The van der Waals surface area contributed by atoms with Crippen LogP contribution < -0.4 is 20.1 Å². The van der Waals surface area contributed by atoms with Crippen molar-refractivity contribution in [2.24, 2.45) is 0 Å². The van der Waals surface area contributed by atoms with Gasteiger partial charge in [-0.15, -0.1) is 0 Å². The summed E-state index contributed by atoms with van der Waals surface area (Å²) in [6.07, 6.45) is 1.61. The number of benzene rings is 2. The molecule has 1 unspecified atom stereocenters. The molecular weight excluding hydrogens is 452 g/mol. The number of hydrogen-bond donors (Lipinski definition) is 0. The summed E-state index contributed by atoms with van der Waals surface area (Å²) in [5.41, 5.74) is 3.16. The first kappa shape index (κ1) is 24.0. The van der Waals surface area contributed by atoms with E-state index >= 15 is 0 Å². The van der Waals surface area contributed by atoms with Gasteiger partial charge in [-0.3, -0.25) is 9.00 Å². The lowest BCUT2D eigenvalue weighted by Gasteiger charge is -2.29. The van der Waals surface area contributed by atoms with E-state index in [1.807, 2.05) is 61.3 Å². The molecular formula is C25H30N4O4S. The summed E-state index contributed by atoms with van der Waals surface area (Å²) in [5.74, 6) is 0.701. The van der Waals surface area contributed by atoms with E-state index in [0.29, 0.717) is 47.5 Å². The van der Waals surface area contributed by atoms with Crippen LogP contribution in [-0.4, -0.2) is 67.3 Å². The Morgan fingerprint density at radius 2 is 1.91 bits per heavy atom. The van der Waals surface area contributed by atoms with Crippen LogP contribution in [0.5, 0.6) is 5.75 Å². The minimum Gasteiger partial charge on any atom is -0.497 e. The Hall–Kier alpha value is -3.17. The fourth-order valence-electron chi connectivity index (χ4n) is 3.94. The third-order valence-electron chi connectivity index (χ3n) is 6.00. The van der Waals surface area contributed by atoms with Gasteiger partial charge in [0.15, 0.2) is 0 Å². The maximum absolute atomic E-state index is 13.6. The van der Waals surface area contributed by atoms with Gasteiger partial charge in [0.2, 0.25) is 0 Å². The highest BCUT2D eigenvalue weighted by Crippen LogP contribution is 2.28. The quantitative estimate of drug-likeness (QED) is 0.512. The van der Waals surface area contributed by atoms with Crippen LogP contribution in [0.2, 0.25) is 0 Å². The minimum absolute atomic E-state index is 0.262. The van der Waals surface area contributed by atoms with Crippen LogP contribution in [0, 0.1) is 0 Å². The van der Waals surface area contributed by atoms with Crippen molar-refractivity contribution >= 4 is 22.2 Å². The lowest BCUT2D eigenvalue weighted by Crippen LogP contribution is -2.36. The van der Waals surface area contributed by atoms with E-state index < -0.39 is 10.8 Å². The van der Waals surface area contributed by atoms with Crippen LogP contribution in [-0.2, 0) is 15.5 Å². The number of morpholine rings is 1. The molecule has 0 N–H and O–H groups in total. The van der Waals surface area contributed by atoms with Crippen LogP contribution in [0.25, 0.3) is 16.9 Å². The fraction of sp³-hybridized carbons (Fsp3) is 0.360. The van der Waals surface area contributed by atoms with Crippen molar-refractivity contribution in [3.8, 4) is 22.7 Å². The molecule has 1 aliphatic heterocycles. The molecule has 0 bridgehead atoms. The summed E-state index contributed by atoms with van der Waals surface area (Å²) >= 11 is 0. The molecule has 4 rings (SSSR count). The molecule has 1 saturated heterocycles. The van der Waals surface area contributed by atoms with E-state index in [2.05, 4.69) is 4.90 Å². The molecule has 1 aromatic heterocycles. The molecule has 1 fully saturated rings. The number of rotatable bonds is 7. The molecule has 0 aliphatic carbocycles. The summed E-state index contributed by atoms with van der Waals surface area (Å²) in [4.78, 5) is 18.3. The molecule has 3 aromatic rings. The SMILES string of the molecule is CCN(C)c1cc(-c2cccc(OC)c2)nn(-c2cc(N3CCOCC3)ccc2S(C)=O)c1=O. The molecule has 1 atom stereocenters. The predicted molar refractivity (Wildman–Crippen MR) is 136 cm³/mol. The zero-order chi connectivity index (χ0) is 24.2. The standard InChI is InChI=1S/C25H30N4O4S/c1-5-27(2)23-17-21(18-7-6-8-20(15-18)32-3)26-29(25(23)30)22-16-19(9-10-24(22)34(4)31)28-11-13-33-14-12-28/h6-10,15-17H,5,11-14H2,1-4H3. The summed E-state index contributed by atoms with van der Waals surface area (Å²) < 4.78 is 24.9. The van der Waals surface area contributed by atoms with Gasteiger partial charge in [0.25, 0.3) is 5.56 Å². The molecule has 34 heavy (non-hydrogen) atoms. The van der Waals surface area contributed by atoms with Crippen LogP contribution in [0.1, 0.15) is 6.92 Å². The van der Waals surface area contributed by atoms with Crippen molar-refractivity contribution in [1.29, 1.82) is 0 Å². The normalized spacial score (nSPS) is 14.6. The maximum Gasteiger partial charge on any atom is 0.295 e. The highest BCUT2D eigenvalue weighted by Gasteiger charge is 2.20. The number of hydrogen-bond acceptors (Lipinski definition) is 7. The van der Waals surface area contributed by atoms with Crippen LogP contribution in [0.15, 0.2) is 58.2 Å². The second-order valence-electron chi connectivity index (χ2n) is 8.08. The topological polar surface area (TPSA) is 76.9 Å². The van der Waals surface area contributed by atoms with Crippen molar-refractivity contribution in [3.63, 3.8) is 0 Å². The summed E-state index contributed by atoms with van der Waals surface area (Å²) in [5, 5.41) is 4.74. The molecule has 0 saturated carbocycles. The van der Waals surface area contributed by atoms with Crippen LogP contribution in [0.4, 0.5) is 11.4 Å². The van der Waals surface area contributed by atoms with Gasteiger partial charge in [-0.05, 0) is 43.3 Å². The van der Waals surface area contributed by atoms with E-state index in [4.69, 9.17) is 14.6 Å². The van der Waals surface area contributed by atoms with E-state index in [-0.39, 0.29) is 5.56 Å². The number of aromatic nitrogens is 2. The minimum atomic E-state index is -1.31. The number of methoxy groups -OCH3 is 1. The Bertz CT molecular complexity index is 1250. The Kier molecular flexibility index (Phi) is 7.33. The smallest absolute Gasteiger partial charge is 0.295 e. The molecule has 0 radical (unpaired) electrons. The van der Waals surface area contributed by atoms with Gasteiger partial charge in [-0.1, -0.05) is 12.1 Å². The average molecular weight is 483 g/mol. The van der Waals surface area contributed by atoms with Gasteiger partial charge >= 0.3 is 0 Å².